The van der Waals surface area contributed by atoms with E-state index in [4.69, 9.17) is 10.2 Å². The molecule has 0 aliphatic heterocycles. The lowest BCUT2D eigenvalue weighted by Crippen LogP contribution is -2.26. The van der Waals surface area contributed by atoms with E-state index in [9.17, 15) is 0 Å². The Morgan fingerprint density at radius 3 is 1.10 bits per heavy atom. The lowest BCUT2D eigenvalue weighted by Gasteiger charge is -2.34. The van der Waals surface area contributed by atoms with Gasteiger partial charge in [0.25, 0.3) is 0 Å². The quantitative estimate of drug-likeness (QED) is 0.0763. The molecule has 0 spiro atoms. The number of anilines is 3. The standard InChI is InChI=1S/C78H80N4/c1-8-12-47-77(48-13-9-2)70-51-58(55-31-33-56(34-32-55)74-79-80-75(82(74)64-29-23-18-24-30-64)57-35-40-61(41-36-57)76(5,6)7)37-43-66(70)67-44-38-59(52-71(67)77)60-39-45-68-69-46-42-65(81(62-25-19-16-20-26-62)63-27-21-17-22-28-63)54-73(69)78(49-14-10-3,50-15-11-4)72(68)53-60/h16-46,51-54H,8-15,47-50H2,1-7H3. The number of nitrogens with zero attached hydrogens (tertiary/aromatic N) is 4. The van der Waals surface area contributed by atoms with E-state index in [1.807, 2.05) is 0 Å². The van der Waals surface area contributed by atoms with Crippen molar-refractivity contribution in [2.45, 2.75) is 142 Å². The van der Waals surface area contributed by atoms with Gasteiger partial charge in [-0.1, -0.05) is 245 Å². The smallest absolute Gasteiger partial charge is 0.168 e. The number of fused-ring (bicyclic) bond motifs is 6. The van der Waals surface area contributed by atoms with Crippen LogP contribution in [0.15, 0.2) is 212 Å². The summed E-state index contributed by atoms with van der Waals surface area (Å²) in [5.41, 5.74) is 24.6. The van der Waals surface area contributed by atoms with Gasteiger partial charge in [0, 0.05) is 44.7 Å². The molecule has 0 fully saturated rings. The highest BCUT2D eigenvalue weighted by molar-refractivity contribution is 5.90. The second-order valence-corrected chi connectivity index (χ2v) is 24.5. The van der Waals surface area contributed by atoms with Gasteiger partial charge in [-0.15, -0.1) is 10.2 Å². The molecule has 412 valence electrons. The first kappa shape index (κ1) is 54.5. The van der Waals surface area contributed by atoms with Crippen LogP contribution in [-0.2, 0) is 16.2 Å². The summed E-state index contributed by atoms with van der Waals surface area (Å²) in [5.74, 6) is 1.66. The molecule has 82 heavy (non-hydrogen) atoms. The lowest BCUT2D eigenvalue weighted by atomic mass is 9.69. The molecule has 4 nitrogen and oxygen atoms in total. The van der Waals surface area contributed by atoms with Crippen LogP contribution in [0.2, 0.25) is 0 Å². The molecule has 0 unspecified atom stereocenters. The maximum Gasteiger partial charge on any atom is 0.168 e. The van der Waals surface area contributed by atoms with Gasteiger partial charge in [-0.25, -0.2) is 0 Å². The number of para-hydroxylation sites is 3. The first-order valence-corrected chi connectivity index (χ1v) is 30.8. The average molecular weight is 1070 g/mol. The number of rotatable bonds is 20. The zero-order chi connectivity index (χ0) is 56.4. The van der Waals surface area contributed by atoms with E-state index >= 15 is 0 Å². The Morgan fingerprint density at radius 1 is 0.354 bits per heavy atom. The lowest BCUT2D eigenvalue weighted by molar-refractivity contribution is 0.414. The van der Waals surface area contributed by atoms with Gasteiger partial charge in [-0.2, -0.15) is 0 Å². The van der Waals surface area contributed by atoms with Crippen LogP contribution < -0.4 is 4.90 Å². The van der Waals surface area contributed by atoms with Crippen molar-refractivity contribution in [3.8, 4) is 73.0 Å². The van der Waals surface area contributed by atoms with Crippen molar-refractivity contribution in [1.29, 1.82) is 0 Å². The number of benzene rings is 9. The molecule has 0 N–H and O–H groups in total. The van der Waals surface area contributed by atoms with Crippen LogP contribution >= 0.6 is 0 Å². The summed E-state index contributed by atoms with van der Waals surface area (Å²) < 4.78 is 2.21. The molecule has 12 rings (SSSR count). The highest BCUT2D eigenvalue weighted by atomic mass is 15.3. The van der Waals surface area contributed by atoms with E-state index in [0.717, 1.165) is 67.0 Å². The van der Waals surface area contributed by atoms with Crippen LogP contribution in [0.4, 0.5) is 17.1 Å². The van der Waals surface area contributed by atoms with E-state index in [0.29, 0.717) is 0 Å². The molecule has 0 saturated heterocycles. The zero-order valence-electron chi connectivity index (χ0n) is 49.5. The van der Waals surface area contributed by atoms with Crippen LogP contribution in [0, 0.1) is 0 Å². The third-order valence-corrected chi connectivity index (χ3v) is 18.3. The van der Waals surface area contributed by atoms with E-state index in [1.54, 1.807) is 0 Å². The second kappa shape index (κ2) is 23.0. The molecule has 0 bridgehead atoms. The summed E-state index contributed by atoms with van der Waals surface area (Å²) >= 11 is 0. The second-order valence-electron chi connectivity index (χ2n) is 24.5. The minimum absolute atomic E-state index is 0.0638. The Kier molecular flexibility index (Phi) is 15.3. The SMILES string of the molecule is CCCCC1(CCCC)c2cc(-c3ccc(-c4nnc(-c5ccc(C(C)(C)C)cc5)n4-c4ccccc4)cc3)ccc2-c2ccc(-c3ccc4c(c3)C(CCCC)(CCCC)c3cc(N(c5ccccc5)c5ccccc5)ccc3-4)cc21. The van der Waals surface area contributed by atoms with E-state index in [-0.39, 0.29) is 16.2 Å². The van der Waals surface area contributed by atoms with Crippen LogP contribution in [0.1, 0.15) is 153 Å². The number of hydrogen-bond donors (Lipinski definition) is 0. The predicted molar refractivity (Wildman–Crippen MR) is 347 cm³/mol. The third kappa shape index (κ3) is 9.92. The Hall–Kier alpha value is -8.08. The third-order valence-electron chi connectivity index (χ3n) is 18.3. The molecule has 0 radical (unpaired) electrons. The van der Waals surface area contributed by atoms with Crippen molar-refractivity contribution in [3.05, 3.63) is 240 Å². The fraction of sp³-hybridized carbons (Fsp3) is 0.282. The van der Waals surface area contributed by atoms with E-state index in [1.165, 1.54) is 128 Å². The van der Waals surface area contributed by atoms with Crippen LogP contribution in [0.5, 0.6) is 0 Å². The van der Waals surface area contributed by atoms with Crippen LogP contribution in [0.3, 0.4) is 0 Å². The normalized spacial score (nSPS) is 13.6. The van der Waals surface area contributed by atoms with Crippen molar-refractivity contribution in [3.63, 3.8) is 0 Å². The van der Waals surface area contributed by atoms with Gasteiger partial charge in [0.2, 0.25) is 0 Å². The van der Waals surface area contributed by atoms with Gasteiger partial charge in [0.15, 0.2) is 11.6 Å². The Labute approximate surface area is 489 Å². The summed E-state index contributed by atoms with van der Waals surface area (Å²) in [5, 5.41) is 9.73. The Balaban J connectivity index is 0.917. The van der Waals surface area contributed by atoms with Crippen molar-refractivity contribution in [2.24, 2.45) is 0 Å². The van der Waals surface area contributed by atoms with Gasteiger partial charge in [-0.3, -0.25) is 4.57 Å². The number of unbranched alkanes of at least 4 members (excludes halogenated alkanes) is 4. The van der Waals surface area contributed by atoms with E-state index in [2.05, 4.69) is 270 Å². The predicted octanol–water partition coefficient (Wildman–Crippen LogP) is 22.0. The minimum atomic E-state index is -0.0883. The van der Waals surface area contributed by atoms with Gasteiger partial charge < -0.3 is 4.90 Å². The molecular weight excluding hydrogens is 993 g/mol. The molecular formula is C78H80N4. The van der Waals surface area contributed by atoms with Gasteiger partial charge in [0.1, 0.15) is 0 Å². The first-order valence-electron chi connectivity index (χ1n) is 30.8. The average Bonchev–Trinajstić information content (AvgIpc) is 3.43. The summed E-state index contributed by atoms with van der Waals surface area (Å²) in [6, 6.07) is 80.0. The molecule has 0 amide bonds. The number of hydrogen-bond acceptors (Lipinski definition) is 3. The topological polar surface area (TPSA) is 34.0 Å². The first-order chi connectivity index (χ1) is 40.1. The van der Waals surface area contributed by atoms with Gasteiger partial charge in [-0.05, 0) is 170 Å². The molecule has 9 aromatic carbocycles. The van der Waals surface area contributed by atoms with Crippen LogP contribution in [0.25, 0.3) is 73.0 Å². The summed E-state index contributed by atoms with van der Waals surface area (Å²) in [6.45, 7) is 16.2. The maximum atomic E-state index is 4.88. The Morgan fingerprint density at radius 2 is 0.695 bits per heavy atom. The molecule has 0 atom stereocenters. The fourth-order valence-corrected chi connectivity index (χ4v) is 13.9. The minimum Gasteiger partial charge on any atom is -0.310 e. The molecule has 2 aliphatic rings. The monoisotopic (exact) mass is 1070 g/mol. The molecule has 2 aliphatic carbocycles. The fourth-order valence-electron chi connectivity index (χ4n) is 13.9. The summed E-state index contributed by atoms with van der Waals surface area (Å²) in [7, 11) is 0. The molecule has 1 heterocycles. The summed E-state index contributed by atoms with van der Waals surface area (Å²) in [4.78, 5) is 2.44. The maximum absolute atomic E-state index is 4.88. The van der Waals surface area contributed by atoms with Crippen molar-refractivity contribution in [1.82, 2.24) is 14.8 Å². The largest absolute Gasteiger partial charge is 0.310 e. The van der Waals surface area contributed by atoms with Crippen molar-refractivity contribution in [2.75, 3.05) is 4.90 Å². The van der Waals surface area contributed by atoms with E-state index < -0.39 is 0 Å². The highest BCUT2D eigenvalue weighted by Crippen LogP contribution is 2.58. The molecule has 4 heteroatoms. The highest BCUT2D eigenvalue weighted by Gasteiger charge is 2.45. The number of aromatic nitrogens is 3. The van der Waals surface area contributed by atoms with Gasteiger partial charge >= 0.3 is 0 Å². The molecule has 10 aromatic rings. The van der Waals surface area contributed by atoms with Crippen molar-refractivity contribution < 1.29 is 0 Å². The molecule has 1 aromatic heterocycles. The Bertz CT molecular complexity index is 3770. The van der Waals surface area contributed by atoms with Gasteiger partial charge in [0.05, 0.1) is 0 Å². The molecule has 0 saturated carbocycles. The zero-order valence-corrected chi connectivity index (χ0v) is 49.5. The van der Waals surface area contributed by atoms with Crippen LogP contribution in [-0.4, -0.2) is 14.8 Å². The summed E-state index contributed by atoms with van der Waals surface area (Å²) in [6.07, 6.45) is 13.9. The van der Waals surface area contributed by atoms with Crippen molar-refractivity contribution >= 4 is 17.1 Å².